The number of anilines is 1. The van der Waals surface area contributed by atoms with Gasteiger partial charge in [-0.15, -0.1) is 0 Å². The number of carbonyl (C=O) groups is 2. The fourth-order valence-electron chi connectivity index (χ4n) is 5.14. The Bertz CT molecular complexity index is 1450. The quantitative estimate of drug-likeness (QED) is 0.128. The lowest BCUT2D eigenvalue weighted by Crippen LogP contribution is -2.50. The van der Waals surface area contributed by atoms with E-state index in [1.54, 1.807) is 0 Å². The zero-order valence-corrected chi connectivity index (χ0v) is 27.4. The van der Waals surface area contributed by atoms with Crippen molar-refractivity contribution in [2.75, 3.05) is 32.5 Å². The summed E-state index contributed by atoms with van der Waals surface area (Å²) in [5.74, 6) is -0.873. The van der Waals surface area contributed by atoms with Crippen molar-refractivity contribution in [3.63, 3.8) is 0 Å². The van der Waals surface area contributed by atoms with Gasteiger partial charge < -0.3 is 26.2 Å². The van der Waals surface area contributed by atoms with Gasteiger partial charge in [0.05, 0.1) is 29.3 Å². The van der Waals surface area contributed by atoms with E-state index in [1.807, 2.05) is 74.5 Å². The number of nitrogens with two attached hydrogens (primary N) is 1. The third-order valence-corrected chi connectivity index (χ3v) is 9.64. The lowest BCUT2D eigenvalue weighted by atomic mass is 9.84. The Hall–Kier alpha value is -3.64. The van der Waals surface area contributed by atoms with E-state index in [0.717, 1.165) is 11.1 Å². The number of nitrogens with one attached hydrogen (secondary N) is 2. The van der Waals surface area contributed by atoms with Crippen molar-refractivity contribution >= 4 is 39.3 Å². The molecule has 0 aliphatic heterocycles. The van der Waals surface area contributed by atoms with Crippen LogP contribution in [-0.4, -0.2) is 68.7 Å². The monoisotopic (exact) mass is 658 g/mol. The highest BCUT2D eigenvalue weighted by molar-refractivity contribution is 7.89. The number of rotatable bonds is 16. The number of aliphatic hydroxyl groups is 1. The van der Waals surface area contributed by atoms with E-state index >= 15 is 0 Å². The average molecular weight is 659 g/mol. The van der Waals surface area contributed by atoms with E-state index in [0.29, 0.717) is 19.3 Å². The lowest BCUT2D eigenvalue weighted by molar-refractivity contribution is -0.123. The topological polar surface area (TPSA) is 151 Å². The first-order chi connectivity index (χ1) is 21.5. The van der Waals surface area contributed by atoms with Crippen LogP contribution in [0.2, 0.25) is 5.02 Å². The number of nitrogen functional groups attached to an aromatic ring is 1. The number of nitrogens with zero attached hydrogens (tertiary/aromatic N) is 1. The van der Waals surface area contributed by atoms with Crippen LogP contribution < -0.4 is 16.4 Å². The second kappa shape index (κ2) is 17.2. The number of unbranched alkanes of at least 4 members (excludes halogenated alkanes) is 1. The van der Waals surface area contributed by atoms with Crippen LogP contribution in [0.3, 0.4) is 0 Å². The Morgan fingerprint density at radius 2 is 1.58 bits per heavy atom. The second-order valence-corrected chi connectivity index (χ2v) is 13.5. The summed E-state index contributed by atoms with van der Waals surface area (Å²) in [4.78, 5) is 25.9. The van der Waals surface area contributed by atoms with Crippen molar-refractivity contribution < 1.29 is 27.9 Å². The van der Waals surface area contributed by atoms with E-state index in [1.165, 1.54) is 29.6 Å². The summed E-state index contributed by atoms with van der Waals surface area (Å²) in [6.45, 7) is 3.91. The van der Waals surface area contributed by atoms with Crippen molar-refractivity contribution in [1.29, 1.82) is 0 Å². The number of aliphatic hydroxyl groups excluding tert-OH is 1. The summed E-state index contributed by atoms with van der Waals surface area (Å²) in [6.07, 6.45) is 0.666. The first-order valence-electron chi connectivity index (χ1n) is 14.9. The maximum absolute atomic E-state index is 13.6. The summed E-state index contributed by atoms with van der Waals surface area (Å²) >= 11 is 6.11. The van der Waals surface area contributed by atoms with E-state index in [9.17, 15) is 23.1 Å². The van der Waals surface area contributed by atoms with Crippen LogP contribution in [-0.2, 0) is 19.6 Å². The first-order valence-corrected chi connectivity index (χ1v) is 16.7. The largest absolute Gasteiger partial charge is 0.453 e. The van der Waals surface area contributed by atoms with Gasteiger partial charge in [0.2, 0.25) is 15.9 Å². The van der Waals surface area contributed by atoms with Gasteiger partial charge in [-0.2, -0.15) is 4.31 Å². The minimum atomic E-state index is -3.98. The number of ether oxygens (including phenoxy) is 1. The van der Waals surface area contributed by atoms with Crippen LogP contribution in [0.4, 0.5) is 10.5 Å². The highest BCUT2D eigenvalue weighted by Gasteiger charge is 2.34. The highest BCUT2D eigenvalue weighted by Crippen LogP contribution is 2.29. The molecule has 0 fully saturated rings. The molecule has 3 rings (SSSR count). The third kappa shape index (κ3) is 9.92. The Labute approximate surface area is 271 Å². The molecule has 12 heteroatoms. The maximum atomic E-state index is 13.6. The van der Waals surface area contributed by atoms with Crippen LogP contribution >= 0.6 is 11.6 Å². The molecule has 0 aliphatic rings. The van der Waals surface area contributed by atoms with Gasteiger partial charge in [0.1, 0.15) is 6.04 Å². The number of halogens is 1. The van der Waals surface area contributed by atoms with Crippen molar-refractivity contribution in [2.24, 2.45) is 5.92 Å². The Morgan fingerprint density at radius 1 is 0.978 bits per heavy atom. The van der Waals surface area contributed by atoms with Gasteiger partial charge >= 0.3 is 6.09 Å². The summed E-state index contributed by atoms with van der Waals surface area (Å²) in [5, 5.41) is 16.0. The molecule has 0 bridgehead atoms. The number of hydrogen-bond donors (Lipinski definition) is 4. The normalized spacial score (nSPS) is 13.1. The molecule has 0 unspecified atom stereocenters. The van der Waals surface area contributed by atoms with Crippen LogP contribution in [0.1, 0.15) is 50.2 Å². The zero-order valence-electron chi connectivity index (χ0n) is 25.9. The van der Waals surface area contributed by atoms with Gasteiger partial charge in [0.15, 0.2) is 0 Å². The van der Waals surface area contributed by atoms with Crippen molar-refractivity contribution in [3.8, 4) is 0 Å². The molecule has 45 heavy (non-hydrogen) atoms. The van der Waals surface area contributed by atoms with Crippen molar-refractivity contribution in [2.45, 2.75) is 56.0 Å². The fraction of sp³-hybridized carbons (Fsp3) is 0.394. The van der Waals surface area contributed by atoms with Crippen molar-refractivity contribution in [1.82, 2.24) is 14.9 Å². The molecule has 244 valence electrons. The minimum Gasteiger partial charge on any atom is -0.453 e. The summed E-state index contributed by atoms with van der Waals surface area (Å²) in [5.41, 5.74) is 7.75. The van der Waals surface area contributed by atoms with E-state index in [2.05, 4.69) is 10.6 Å². The minimum absolute atomic E-state index is 0.00112. The number of amides is 2. The molecule has 0 saturated carbocycles. The Morgan fingerprint density at radius 3 is 2.09 bits per heavy atom. The van der Waals surface area contributed by atoms with Gasteiger partial charge in [0, 0.05) is 25.0 Å². The molecule has 2 atom stereocenters. The van der Waals surface area contributed by atoms with Gasteiger partial charge in [-0.3, -0.25) is 4.79 Å². The number of methoxy groups -OCH3 is 1. The van der Waals surface area contributed by atoms with Gasteiger partial charge in [-0.25, -0.2) is 13.2 Å². The molecular formula is C33H43ClN4O6S. The molecule has 3 aromatic rings. The molecule has 0 heterocycles. The lowest BCUT2D eigenvalue weighted by Gasteiger charge is -2.31. The summed E-state index contributed by atoms with van der Waals surface area (Å²) < 4.78 is 33.4. The molecule has 0 saturated heterocycles. The van der Waals surface area contributed by atoms with Gasteiger partial charge in [-0.05, 0) is 48.1 Å². The zero-order chi connectivity index (χ0) is 33.0. The van der Waals surface area contributed by atoms with E-state index in [-0.39, 0.29) is 47.1 Å². The molecule has 5 N–H and O–H groups in total. The number of benzene rings is 3. The predicted molar refractivity (Wildman–Crippen MR) is 176 cm³/mol. The van der Waals surface area contributed by atoms with Crippen molar-refractivity contribution in [3.05, 3.63) is 95.0 Å². The van der Waals surface area contributed by atoms with Crippen LogP contribution in [0, 0.1) is 5.92 Å². The molecule has 10 nitrogen and oxygen atoms in total. The average Bonchev–Trinajstić information content (AvgIpc) is 3.03. The third-order valence-electron chi connectivity index (χ3n) is 7.40. The Balaban J connectivity index is 1.71. The summed E-state index contributed by atoms with van der Waals surface area (Å²) in [6, 6.07) is 21.4. The maximum Gasteiger partial charge on any atom is 0.407 e. The standard InChI is InChI=1S/C33H43ClN4O6S/c1-23(2)21-38(45(42,43)27-17-18-29(35)28(34)20-27)26(22-39)16-10-11-19-36-32(40)31(37-33(41)44-3)30(24-12-6-4-7-13-24)25-14-8-5-9-15-25/h4-9,12-15,17-18,20,23,26,30-31,39H,10-11,16,19,21-22,35H2,1-3H3,(H,36,40)(H,37,41)/t26-,31-/m0/s1. The van der Waals surface area contributed by atoms with Crippen LogP contribution in [0.5, 0.6) is 0 Å². The van der Waals surface area contributed by atoms with E-state index in [4.69, 9.17) is 22.1 Å². The fourth-order valence-corrected chi connectivity index (χ4v) is 7.23. The number of hydrogen-bond acceptors (Lipinski definition) is 7. The molecule has 3 aromatic carbocycles. The van der Waals surface area contributed by atoms with Crippen LogP contribution in [0.15, 0.2) is 83.8 Å². The molecule has 0 radical (unpaired) electrons. The van der Waals surface area contributed by atoms with E-state index < -0.39 is 34.1 Å². The number of sulfonamides is 1. The highest BCUT2D eigenvalue weighted by atomic mass is 35.5. The molecule has 0 aliphatic carbocycles. The molecule has 2 amide bonds. The van der Waals surface area contributed by atoms with Crippen LogP contribution in [0.25, 0.3) is 0 Å². The Kier molecular flexibility index (Phi) is 13.7. The molecule has 0 spiro atoms. The number of alkyl carbamates (subject to hydrolysis) is 1. The second-order valence-electron chi connectivity index (χ2n) is 11.2. The first kappa shape index (κ1) is 35.8. The smallest absolute Gasteiger partial charge is 0.407 e. The number of carbonyl (C=O) groups excluding carboxylic acids is 2. The van der Waals surface area contributed by atoms with Gasteiger partial charge in [0.25, 0.3) is 0 Å². The SMILES string of the molecule is COC(=O)N[C@H](C(=O)NCCCC[C@@H](CO)N(CC(C)C)S(=O)(=O)c1ccc(N)c(Cl)c1)C(c1ccccc1)c1ccccc1. The molecule has 0 aromatic heterocycles. The predicted octanol–water partition coefficient (Wildman–Crippen LogP) is 4.77. The van der Waals surface area contributed by atoms with Gasteiger partial charge in [-0.1, -0.05) is 92.5 Å². The molecular weight excluding hydrogens is 616 g/mol. The summed E-state index contributed by atoms with van der Waals surface area (Å²) in [7, 11) is -2.74.